The van der Waals surface area contributed by atoms with Gasteiger partial charge in [-0.2, -0.15) is 0 Å². The fourth-order valence-corrected chi connectivity index (χ4v) is 1.16. The van der Waals surface area contributed by atoms with Crippen LogP contribution in [0, 0.1) is 0 Å². The maximum Gasteiger partial charge on any atom is 0.260 e. The minimum absolute atomic E-state index is 0.0808. The average Bonchev–Trinajstić information content (AvgIpc) is 2.50. The predicted octanol–water partition coefficient (Wildman–Crippen LogP) is -1.13. The number of hydroxylamine groups is 1. The summed E-state index contributed by atoms with van der Waals surface area (Å²) in [6.07, 6.45) is 0.695. The summed E-state index contributed by atoms with van der Waals surface area (Å²) in [5.74, 6) is -0.399. The van der Waals surface area contributed by atoms with Crippen LogP contribution >= 0.6 is 0 Å². The van der Waals surface area contributed by atoms with Crippen molar-refractivity contribution in [3.05, 3.63) is 0 Å². The zero-order valence-electron chi connectivity index (χ0n) is 6.33. The molecule has 1 heterocycles. The molecule has 5 heteroatoms. The standard InChI is InChI=1S/C6H12N2O3/c1-11-4-2-5(7-3-4)6(9)8-10/h4-5,7,10H,2-3H2,1H3,(H,8,9). The summed E-state index contributed by atoms with van der Waals surface area (Å²) >= 11 is 0. The SMILES string of the molecule is COC1CNC(C(=O)NO)C1. The third-order valence-corrected chi connectivity index (χ3v) is 1.85. The largest absolute Gasteiger partial charge is 0.380 e. The third-order valence-electron chi connectivity index (χ3n) is 1.85. The van der Waals surface area contributed by atoms with E-state index in [1.165, 1.54) is 0 Å². The second-order valence-electron chi connectivity index (χ2n) is 2.53. The Morgan fingerprint density at radius 3 is 3.00 bits per heavy atom. The fraction of sp³-hybridized carbons (Fsp3) is 0.833. The minimum Gasteiger partial charge on any atom is -0.380 e. The van der Waals surface area contributed by atoms with Gasteiger partial charge < -0.3 is 10.1 Å². The van der Waals surface area contributed by atoms with Crippen LogP contribution in [0.2, 0.25) is 0 Å². The molecule has 11 heavy (non-hydrogen) atoms. The molecule has 3 N–H and O–H groups in total. The Hall–Kier alpha value is -0.650. The molecule has 1 fully saturated rings. The highest BCUT2D eigenvalue weighted by Crippen LogP contribution is 2.08. The number of nitrogens with one attached hydrogen (secondary N) is 2. The van der Waals surface area contributed by atoms with E-state index in [2.05, 4.69) is 5.32 Å². The molecule has 0 aliphatic carbocycles. The first-order valence-electron chi connectivity index (χ1n) is 3.48. The molecule has 2 unspecified atom stereocenters. The van der Waals surface area contributed by atoms with E-state index in [-0.39, 0.29) is 12.1 Å². The first-order chi connectivity index (χ1) is 5.27. The number of amides is 1. The average molecular weight is 160 g/mol. The first-order valence-corrected chi connectivity index (χ1v) is 3.48. The molecule has 2 atom stereocenters. The zero-order chi connectivity index (χ0) is 8.27. The van der Waals surface area contributed by atoms with E-state index in [9.17, 15) is 4.79 Å². The van der Waals surface area contributed by atoms with Gasteiger partial charge in [-0.25, -0.2) is 5.48 Å². The summed E-state index contributed by atoms with van der Waals surface area (Å²) in [4.78, 5) is 10.8. The molecule has 1 aliphatic rings. The van der Waals surface area contributed by atoms with Gasteiger partial charge in [-0.3, -0.25) is 10.0 Å². The van der Waals surface area contributed by atoms with Gasteiger partial charge in [0.25, 0.3) is 5.91 Å². The molecule has 0 saturated carbocycles. The van der Waals surface area contributed by atoms with Crippen molar-refractivity contribution in [1.29, 1.82) is 0 Å². The van der Waals surface area contributed by atoms with Crippen LogP contribution in [0.25, 0.3) is 0 Å². The molecule has 1 aliphatic heterocycles. The smallest absolute Gasteiger partial charge is 0.260 e. The van der Waals surface area contributed by atoms with Crippen molar-refractivity contribution in [2.75, 3.05) is 13.7 Å². The number of carbonyl (C=O) groups excluding carboxylic acids is 1. The highest BCUT2D eigenvalue weighted by Gasteiger charge is 2.28. The Labute approximate surface area is 64.7 Å². The topological polar surface area (TPSA) is 70.6 Å². The lowest BCUT2D eigenvalue weighted by Crippen LogP contribution is -2.38. The zero-order valence-corrected chi connectivity index (χ0v) is 6.33. The molecule has 1 rings (SSSR count). The van der Waals surface area contributed by atoms with Crippen molar-refractivity contribution >= 4 is 5.91 Å². The van der Waals surface area contributed by atoms with Gasteiger partial charge in [0.1, 0.15) is 0 Å². The number of carbonyl (C=O) groups is 1. The molecular weight excluding hydrogens is 148 g/mol. The Bertz CT molecular complexity index is 151. The molecular formula is C6H12N2O3. The van der Waals surface area contributed by atoms with Crippen molar-refractivity contribution in [2.24, 2.45) is 0 Å². The number of hydrogen-bond acceptors (Lipinski definition) is 4. The molecule has 0 aromatic carbocycles. The fourth-order valence-electron chi connectivity index (χ4n) is 1.16. The molecule has 0 bridgehead atoms. The van der Waals surface area contributed by atoms with Gasteiger partial charge >= 0.3 is 0 Å². The number of ether oxygens (including phenoxy) is 1. The maximum absolute atomic E-state index is 10.8. The van der Waals surface area contributed by atoms with Gasteiger partial charge in [0.2, 0.25) is 0 Å². The van der Waals surface area contributed by atoms with E-state index in [1.807, 2.05) is 0 Å². The van der Waals surface area contributed by atoms with Gasteiger partial charge in [-0.15, -0.1) is 0 Å². The summed E-state index contributed by atoms with van der Waals surface area (Å²) in [6, 6.07) is -0.315. The van der Waals surface area contributed by atoms with Gasteiger partial charge in [0.05, 0.1) is 12.1 Å². The molecule has 1 saturated heterocycles. The van der Waals surface area contributed by atoms with E-state index >= 15 is 0 Å². The van der Waals surface area contributed by atoms with E-state index in [0.29, 0.717) is 13.0 Å². The van der Waals surface area contributed by atoms with Crippen LogP contribution in [-0.2, 0) is 9.53 Å². The normalized spacial score (nSPS) is 30.4. The van der Waals surface area contributed by atoms with Crippen molar-refractivity contribution in [2.45, 2.75) is 18.6 Å². The van der Waals surface area contributed by atoms with Gasteiger partial charge in [0, 0.05) is 13.7 Å². The van der Waals surface area contributed by atoms with Crippen LogP contribution in [0.1, 0.15) is 6.42 Å². The Kier molecular flexibility index (Phi) is 2.81. The Morgan fingerprint density at radius 1 is 1.82 bits per heavy atom. The van der Waals surface area contributed by atoms with E-state index in [4.69, 9.17) is 9.94 Å². The van der Waals surface area contributed by atoms with Gasteiger partial charge in [0.15, 0.2) is 0 Å². The monoisotopic (exact) mass is 160 g/mol. The summed E-state index contributed by atoms with van der Waals surface area (Å²) in [5.41, 5.74) is 1.59. The van der Waals surface area contributed by atoms with E-state index < -0.39 is 5.91 Å². The second-order valence-corrected chi connectivity index (χ2v) is 2.53. The van der Waals surface area contributed by atoms with Crippen molar-refractivity contribution in [1.82, 2.24) is 10.8 Å². The molecule has 1 amide bonds. The molecule has 0 spiro atoms. The number of methoxy groups -OCH3 is 1. The van der Waals surface area contributed by atoms with Crippen LogP contribution in [0.4, 0.5) is 0 Å². The van der Waals surface area contributed by atoms with E-state index in [0.717, 1.165) is 0 Å². The number of hydrogen-bond donors (Lipinski definition) is 3. The van der Waals surface area contributed by atoms with Crippen LogP contribution < -0.4 is 10.8 Å². The van der Waals surface area contributed by atoms with Crippen LogP contribution in [0.3, 0.4) is 0 Å². The van der Waals surface area contributed by atoms with Crippen LogP contribution in [-0.4, -0.2) is 36.9 Å². The molecule has 0 aromatic heterocycles. The van der Waals surface area contributed by atoms with Crippen molar-refractivity contribution in [3.63, 3.8) is 0 Å². The Balaban J connectivity index is 2.35. The molecule has 5 nitrogen and oxygen atoms in total. The molecule has 64 valence electrons. The summed E-state index contributed by atoms with van der Waals surface area (Å²) in [6.45, 7) is 0.661. The van der Waals surface area contributed by atoms with Crippen molar-refractivity contribution < 1.29 is 14.7 Å². The number of rotatable bonds is 2. The van der Waals surface area contributed by atoms with E-state index in [1.54, 1.807) is 12.6 Å². The highest BCUT2D eigenvalue weighted by molar-refractivity contribution is 5.80. The predicted molar refractivity (Wildman–Crippen MR) is 37.1 cm³/mol. The minimum atomic E-state index is -0.399. The highest BCUT2D eigenvalue weighted by atomic mass is 16.5. The third kappa shape index (κ3) is 1.89. The van der Waals surface area contributed by atoms with Crippen LogP contribution in [0.15, 0.2) is 0 Å². The maximum atomic E-state index is 10.8. The quantitative estimate of drug-likeness (QED) is 0.353. The lowest BCUT2D eigenvalue weighted by atomic mass is 10.2. The lowest BCUT2D eigenvalue weighted by molar-refractivity contribution is -0.131. The first kappa shape index (κ1) is 8.45. The lowest BCUT2D eigenvalue weighted by Gasteiger charge is -2.06. The summed E-state index contributed by atoms with van der Waals surface area (Å²) in [5, 5.41) is 11.2. The van der Waals surface area contributed by atoms with Crippen molar-refractivity contribution in [3.8, 4) is 0 Å². The Morgan fingerprint density at radius 2 is 2.55 bits per heavy atom. The summed E-state index contributed by atoms with van der Waals surface area (Å²) < 4.78 is 5.01. The van der Waals surface area contributed by atoms with Gasteiger partial charge in [-0.05, 0) is 6.42 Å². The summed E-state index contributed by atoms with van der Waals surface area (Å²) in [7, 11) is 1.60. The molecule has 0 aromatic rings. The second kappa shape index (κ2) is 3.66. The van der Waals surface area contributed by atoms with Gasteiger partial charge in [-0.1, -0.05) is 0 Å². The van der Waals surface area contributed by atoms with Crippen LogP contribution in [0.5, 0.6) is 0 Å². The molecule has 0 radical (unpaired) electrons.